The molecule has 0 amide bonds. The van der Waals surface area contributed by atoms with Crippen molar-refractivity contribution in [3.63, 3.8) is 0 Å². The van der Waals surface area contributed by atoms with Gasteiger partial charge in [-0.15, -0.1) is 0 Å². The molecule has 0 aromatic heterocycles. The first kappa shape index (κ1) is 13.4. The van der Waals surface area contributed by atoms with Crippen LogP contribution in [0.1, 0.15) is 38.3 Å². The van der Waals surface area contributed by atoms with E-state index in [-0.39, 0.29) is 12.1 Å². The van der Waals surface area contributed by atoms with Crippen LogP contribution in [0, 0.1) is 5.92 Å². The van der Waals surface area contributed by atoms with Gasteiger partial charge in [0.15, 0.2) is 0 Å². The van der Waals surface area contributed by atoms with Gasteiger partial charge in [-0.25, -0.2) is 0 Å². The van der Waals surface area contributed by atoms with Gasteiger partial charge in [0, 0.05) is 24.8 Å². The Labute approximate surface area is 110 Å². The lowest BCUT2D eigenvalue weighted by Crippen LogP contribution is -2.37. The van der Waals surface area contributed by atoms with Crippen LogP contribution >= 0.6 is 0 Å². The van der Waals surface area contributed by atoms with Crippen molar-refractivity contribution < 1.29 is 5.11 Å². The molecule has 2 atom stereocenters. The fourth-order valence-corrected chi connectivity index (χ4v) is 2.78. The summed E-state index contributed by atoms with van der Waals surface area (Å²) in [4.78, 5) is 2.40. The molecule has 0 aliphatic carbocycles. The molecule has 1 fully saturated rings. The van der Waals surface area contributed by atoms with Crippen LogP contribution in [0.15, 0.2) is 24.3 Å². The van der Waals surface area contributed by atoms with Gasteiger partial charge >= 0.3 is 0 Å². The van der Waals surface area contributed by atoms with Crippen LogP contribution in [0.5, 0.6) is 0 Å². The Bertz CT molecular complexity index is 382. The van der Waals surface area contributed by atoms with Crippen molar-refractivity contribution in [2.24, 2.45) is 11.7 Å². The molecule has 1 heterocycles. The highest BCUT2D eigenvalue weighted by atomic mass is 16.3. The summed E-state index contributed by atoms with van der Waals surface area (Å²) >= 11 is 0. The van der Waals surface area contributed by atoms with Gasteiger partial charge in [-0.2, -0.15) is 0 Å². The van der Waals surface area contributed by atoms with Crippen molar-refractivity contribution in [3.8, 4) is 0 Å². The molecule has 1 aromatic rings. The van der Waals surface area contributed by atoms with Gasteiger partial charge < -0.3 is 15.7 Å². The summed E-state index contributed by atoms with van der Waals surface area (Å²) in [6.07, 6.45) is 1.94. The van der Waals surface area contributed by atoms with E-state index in [0.29, 0.717) is 5.92 Å². The van der Waals surface area contributed by atoms with Crippen LogP contribution in [0.25, 0.3) is 0 Å². The van der Waals surface area contributed by atoms with Crippen molar-refractivity contribution in [3.05, 3.63) is 29.8 Å². The summed E-state index contributed by atoms with van der Waals surface area (Å²) in [6.45, 7) is 5.95. The molecule has 0 saturated carbocycles. The highest BCUT2D eigenvalue weighted by Gasteiger charge is 2.24. The average molecular weight is 248 g/mol. The van der Waals surface area contributed by atoms with Crippen molar-refractivity contribution in [1.29, 1.82) is 0 Å². The van der Waals surface area contributed by atoms with Crippen LogP contribution < -0.4 is 10.6 Å². The summed E-state index contributed by atoms with van der Waals surface area (Å²) < 4.78 is 0. The second-order valence-electron chi connectivity index (χ2n) is 5.41. The van der Waals surface area contributed by atoms with E-state index in [1.54, 1.807) is 0 Å². The molecule has 0 bridgehead atoms. The topological polar surface area (TPSA) is 49.5 Å². The molecule has 1 saturated heterocycles. The number of hydrogen-bond donors (Lipinski definition) is 2. The predicted octanol–water partition coefficient (Wildman–Crippen LogP) is 2.30. The first-order valence-electron chi connectivity index (χ1n) is 6.87. The number of rotatable bonds is 3. The van der Waals surface area contributed by atoms with Crippen LogP contribution in [-0.4, -0.2) is 24.3 Å². The van der Waals surface area contributed by atoms with E-state index in [1.165, 1.54) is 11.3 Å². The second kappa shape index (κ2) is 5.72. The van der Waals surface area contributed by atoms with Gasteiger partial charge in [0.25, 0.3) is 0 Å². The molecule has 1 aliphatic rings. The lowest BCUT2D eigenvalue weighted by Gasteiger charge is -2.36. The van der Waals surface area contributed by atoms with E-state index in [1.807, 2.05) is 19.9 Å². The highest BCUT2D eigenvalue weighted by Crippen LogP contribution is 2.29. The molecule has 0 radical (unpaired) electrons. The van der Waals surface area contributed by atoms with E-state index in [0.717, 1.165) is 25.9 Å². The summed E-state index contributed by atoms with van der Waals surface area (Å²) in [5.74, 6) is 0.448. The molecule has 2 unspecified atom stereocenters. The number of para-hydroxylation sites is 1. The Balaban J connectivity index is 2.10. The number of nitrogens with zero attached hydrogens (tertiary/aromatic N) is 1. The Kier molecular flexibility index (Phi) is 4.25. The van der Waals surface area contributed by atoms with E-state index in [2.05, 4.69) is 23.1 Å². The molecular weight excluding hydrogens is 224 g/mol. The average Bonchev–Trinajstić information content (AvgIpc) is 2.39. The zero-order valence-corrected chi connectivity index (χ0v) is 11.3. The summed E-state index contributed by atoms with van der Waals surface area (Å²) in [5, 5.41) is 9.64. The second-order valence-corrected chi connectivity index (χ2v) is 5.41. The number of piperidine rings is 1. The normalized spacial score (nSPS) is 20.8. The maximum absolute atomic E-state index is 9.64. The molecule has 18 heavy (non-hydrogen) atoms. The van der Waals surface area contributed by atoms with E-state index >= 15 is 0 Å². The number of benzene rings is 1. The lowest BCUT2D eigenvalue weighted by molar-refractivity contribution is 0.110. The summed E-state index contributed by atoms with van der Waals surface area (Å²) in [6, 6.07) is 8.45. The first-order valence-corrected chi connectivity index (χ1v) is 6.87. The van der Waals surface area contributed by atoms with Crippen LogP contribution in [0.4, 0.5) is 5.69 Å². The van der Waals surface area contributed by atoms with Gasteiger partial charge in [-0.3, -0.25) is 0 Å². The van der Waals surface area contributed by atoms with Crippen molar-refractivity contribution in [1.82, 2.24) is 0 Å². The third kappa shape index (κ3) is 2.85. The maximum atomic E-state index is 9.64. The van der Waals surface area contributed by atoms with Crippen molar-refractivity contribution in [2.75, 3.05) is 18.0 Å². The number of nitrogens with two attached hydrogens (primary N) is 1. The minimum absolute atomic E-state index is 0.0655. The zero-order chi connectivity index (χ0) is 13.1. The Morgan fingerprint density at radius 1 is 1.22 bits per heavy atom. The molecule has 1 aliphatic heterocycles. The van der Waals surface area contributed by atoms with Crippen LogP contribution in [0.2, 0.25) is 0 Å². The van der Waals surface area contributed by atoms with Crippen molar-refractivity contribution in [2.45, 2.75) is 38.8 Å². The molecule has 2 rings (SSSR count). The Morgan fingerprint density at radius 3 is 2.39 bits per heavy atom. The minimum atomic E-state index is -0.184. The molecule has 3 nitrogen and oxygen atoms in total. The van der Waals surface area contributed by atoms with Gasteiger partial charge in [0.1, 0.15) is 0 Å². The smallest absolute Gasteiger partial charge is 0.0541 e. The number of aliphatic hydroxyl groups is 1. The fourth-order valence-electron chi connectivity index (χ4n) is 2.78. The third-order valence-corrected chi connectivity index (χ3v) is 3.99. The quantitative estimate of drug-likeness (QED) is 0.863. The molecule has 3 heteroatoms. The molecule has 3 N–H and O–H groups in total. The molecular formula is C15H24N2O. The van der Waals surface area contributed by atoms with Gasteiger partial charge in [0.05, 0.1) is 6.10 Å². The van der Waals surface area contributed by atoms with Crippen molar-refractivity contribution >= 4 is 5.69 Å². The maximum Gasteiger partial charge on any atom is 0.0541 e. The highest BCUT2D eigenvalue weighted by molar-refractivity contribution is 5.55. The lowest BCUT2D eigenvalue weighted by atomic mass is 9.91. The predicted molar refractivity (Wildman–Crippen MR) is 75.7 cm³/mol. The Hall–Kier alpha value is -1.06. The minimum Gasteiger partial charge on any atom is -0.393 e. The van der Waals surface area contributed by atoms with E-state index in [9.17, 15) is 5.11 Å². The van der Waals surface area contributed by atoms with Gasteiger partial charge in [-0.1, -0.05) is 18.2 Å². The molecule has 100 valence electrons. The SMILES string of the molecule is CC(N)c1ccccc1N1CCC(C(C)O)CC1. The monoisotopic (exact) mass is 248 g/mol. The summed E-state index contributed by atoms with van der Waals surface area (Å²) in [7, 11) is 0. The molecule has 1 aromatic carbocycles. The van der Waals surface area contributed by atoms with E-state index < -0.39 is 0 Å². The van der Waals surface area contributed by atoms with Gasteiger partial charge in [-0.05, 0) is 44.2 Å². The van der Waals surface area contributed by atoms with Gasteiger partial charge in [0.2, 0.25) is 0 Å². The zero-order valence-electron chi connectivity index (χ0n) is 11.3. The largest absolute Gasteiger partial charge is 0.393 e. The van der Waals surface area contributed by atoms with Crippen LogP contribution in [0.3, 0.4) is 0 Å². The van der Waals surface area contributed by atoms with Crippen LogP contribution in [-0.2, 0) is 0 Å². The van der Waals surface area contributed by atoms with E-state index in [4.69, 9.17) is 5.73 Å². The third-order valence-electron chi connectivity index (χ3n) is 3.99. The number of aliphatic hydroxyl groups excluding tert-OH is 1. The number of anilines is 1. The standard InChI is InChI=1S/C15H24N2O/c1-11(16)14-5-3-4-6-15(14)17-9-7-13(8-10-17)12(2)18/h3-6,11-13,18H,7-10,16H2,1-2H3. The summed E-state index contributed by atoms with van der Waals surface area (Å²) in [5.41, 5.74) is 8.51. The first-order chi connectivity index (χ1) is 8.59. The fraction of sp³-hybridized carbons (Fsp3) is 0.600. The Morgan fingerprint density at radius 2 is 1.83 bits per heavy atom. The molecule has 0 spiro atoms. The number of hydrogen-bond acceptors (Lipinski definition) is 3.